The first-order valence-corrected chi connectivity index (χ1v) is 11.9. The van der Waals surface area contributed by atoms with Crippen molar-refractivity contribution in [1.29, 1.82) is 0 Å². The summed E-state index contributed by atoms with van der Waals surface area (Å²) in [5, 5.41) is 0. The van der Waals surface area contributed by atoms with Gasteiger partial charge in [-0.05, 0) is 43.2 Å². The molecule has 2 aromatic carbocycles. The van der Waals surface area contributed by atoms with Crippen LogP contribution in [0.3, 0.4) is 0 Å². The number of anilines is 1. The number of aromatic amines is 1. The van der Waals surface area contributed by atoms with Gasteiger partial charge in [0.25, 0.3) is 5.56 Å². The Kier molecular flexibility index (Phi) is 6.28. The third kappa shape index (κ3) is 4.66. The third-order valence-corrected chi connectivity index (χ3v) is 6.61. The number of piperazine rings is 1. The number of hydrogen-bond donors (Lipinski definition) is 1. The summed E-state index contributed by atoms with van der Waals surface area (Å²) in [5.41, 5.74) is 7.58. The molecule has 1 N–H and O–H groups in total. The molecule has 5 heteroatoms. The number of rotatable bonds is 5. The lowest BCUT2D eigenvalue weighted by Gasteiger charge is -2.36. The fraction of sp³-hybridized carbons (Fsp3) is 0.241. The molecule has 0 spiro atoms. The minimum absolute atomic E-state index is 0.0919. The second kappa shape index (κ2) is 9.65. The van der Waals surface area contributed by atoms with Crippen LogP contribution in [0.1, 0.15) is 23.6 Å². The predicted molar refractivity (Wildman–Crippen MR) is 141 cm³/mol. The highest BCUT2D eigenvalue weighted by Crippen LogP contribution is 2.29. The Hall–Kier alpha value is -3.70. The van der Waals surface area contributed by atoms with Gasteiger partial charge in [-0.15, -0.1) is 0 Å². The molecule has 0 radical (unpaired) electrons. The van der Waals surface area contributed by atoms with E-state index in [2.05, 4.69) is 70.2 Å². The number of aromatic nitrogens is 1. The van der Waals surface area contributed by atoms with Crippen molar-refractivity contribution in [2.45, 2.75) is 20.4 Å². The van der Waals surface area contributed by atoms with Crippen molar-refractivity contribution in [1.82, 2.24) is 9.88 Å². The molecule has 1 fully saturated rings. The Balaban J connectivity index is 1.35. The van der Waals surface area contributed by atoms with Crippen LogP contribution in [0.5, 0.6) is 0 Å². The monoisotopic (exact) mass is 450 g/mol. The Bertz CT molecular complexity index is 1330. The first kappa shape index (κ1) is 22.1. The van der Waals surface area contributed by atoms with Gasteiger partial charge in [0.2, 0.25) is 0 Å². The van der Waals surface area contributed by atoms with E-state index < -0.39 is 0 Å². The maximum Gasteiger partial charge on any atom is 0.258 e. The maximum atomic E-state index is 12.7. The van der Waals surface area contributed by atoms with Gasteiger partial charge in [-0.1, -0.05) is 60.7 Å². The van der Waals surface area contributed by atoms with Gasteiger partial charge < -0.3 is 9.88 Å². The van der Waals surface area contributed by atoms with E-state index in [1.165, 1.54) is 11.3 Å². The van der Waals surface area contributed by atoms with E-state index in [0.717, 1.165) is 60.9 Å². The van der Waals surface area contributed by atoms with Crippen molar-refractivity contribution < 1.29 is 0 Å². The number of aliphatic imine (C=N–C) groups is 1. The molecule has 172 valence electrons. The third-order valence-electron chi connectivity index (χ3n) is 6.61. The van der Waals surface area contributed by atoms with E-state index in [0.29, 0.717) is 5.56 Å². The van der Waals surface area contributed by atoms with Crippen molar-refractivity contribution in [2.75, 3.05) is 31.1 Å². The molecule has 2 heterocycles. The number of aryl methyl sites for hydroxylation is 1. The summed E-state index contributed by atoms with van der Waals surface area (Å²) >= 11 is 0. The van der Waals surface area contributed by atoms with Crippen LogP contribution in [0, 0.1) is 6.92 Å². The zero-order chi connectivity index (χ0) is 23.5. The van der Waals surface area contributed by atoms with Crippen LogP contribution in [-0.2, 0) is 6.54 Å². The SMILES string of the molecule is C/C(=N\c1cc(N2CCN(Cc3ccccc3)CC2)ccc1C)c1c2cccccc-2[nH]c1=O. The standard InChI is InChI=1S/C29H30N4O/c1-21-13-14-24(33-17-15-32(16-18-33)20-23-9-5-3-6-10-23)19-27(21)30-22(2)28-25-11-7-4-8-12-26(25)31-29(28)34/h3-14,19H,15-18,20H2,1-2H3,(H,31,34)/b30-22+. The van der Waals surface area contributed by atoms with E-state index in [9.17, 15) is 4.79 Å². The lowest BCUT2D eigenvalue weighted by molar-refractivity contribution is 0.250. The van der Waals surface area contributed by atoms with Crippen LogP contribution in [0.2, 0.25) is 0 Å². The normalized spacial score (nSPS) is 15.1. The highest BCUT2D eigenvalue weighted by Gasteiger charge is 2.19. The fourth-order valence-corrected chi connectivity index (χ4v) is 4.70. The molecule has 1 saturated heterocycles. The van der Waals surface area contributed by atoms with Gasteiger partial charge >= 0.3 is 0 Å². The molecule has 34 heavy (non-hydrogen) atoms. The lowest BCUT2D eigenvalue weighted by atomic mass is 10.1. The number of nitrogens with zero attached hydrogens (tertiary/aromatic N) is 3. The molecular formula is C29H30N4O. The molecule has 3 aliphatic rings. The molecule has 5 rings (SSSR count). The van der Waals surface area contributed by atoms with Gasteiger partial charge in [-0.3, -0.25) is 14.7 Å². The van der Waals surface area contributed by atoms with Crippen LogP contribution in [-0.4, -0.2) is 41.8 Å². The summed E-state index contributed by atoms with van der Waals surface area (Å²) in [7, 11) is 0. The quantitative estimate of drug-likeness (QED) is 0.423. The fourth-order valence-electron chi connectivity index (χ4n) is 4.70. The molecule has 2 aliphatic heterocycles. The number of fused-ring (bicyclic) bond motifs is 1. The zero-order valence-electron chi connectivity index (χ0n) is 19.8. The first-order valence-electron chi connectivity index (χ1n) is 11.9. The Labute approximate surface area is 200 Å². The lowest BCUT2D eigenvalue weighted by Crippen LogP contribution is -2.45. The first-order chi connectivity index (χ1) is 16.6. The summed E-state index contributed by atoms with van der Waals surface area (Å²) in [6.07, 6.45) is 0. The van der Waals surface area contributed by atoms with Crippen molar-refractivity contribution in [2.24, 2.45) is 4.99 Å². The maximum absolute atomic E-state index is 12.7. The molecule has 0 amide bonds. The van der Waals surface area contributed by atoms with Gasteiger partial charge in [0.05, 0.1) is 17.0 Å². The Morgan fingerprint density at radius 1 is 0.912 bits per heavy atom. The van der Waals surface area contributed by atoms with Crippen LogP contribution in [0.15, 0.2) is 88.6 Å². The van der Waals surface area contributed by atoms with Gasteiger partial charge in [0.1, 0.15) is 0 Å². The summed E-state index contributed by atoms with van der Waals surface area (Å²) in [5.74, 6) is 0. The second-order valence-corrected chi connectivity index (χ2v) is 8.98. The number of benzene rings is 2. The topological polar surface area (TPSA) is 51.7 Å². The number of nitrogens with one attached hydrogen (secondary N) is 1. The Morgan fingerprint density at radius 2 is 1.62 bits per heavy atom. The van der Waals surface area contributed by atoms with Crippen molar-refractivity contribution in [3.63, 3.8) is 0 Å². The Morgan fingerprint density at radius 3 is 2.38 bits per heavy atom. The molecule has 0 aromatic heterocycles. The largest absolute Gasteiger partial charge is 0.369 e. The van der Waals surface area contributed by atoms with E-state index in [1.807, 2.05) is 37.3 Å². The summed E-state index contributed by atoms with van der Waals surface area (Å²) < 4.78 is 0. The highest BCUT2D eigenvalue weighted by atomic mass is 16.1. The molecular weight excluding hydrogens is 420 g/mol. The highest BCUT2D eigenvalue weighted by molar-refractivity contribution is 6.05. The minimum Gasteiger partial charge on any atom is -0.369 e. The second-order valence-electron chi connectivity index (χ2n) is 8.98. The van der Waals surface area contributed by atoms with Crippen LogP contribution in [0.25, 0.3) is 11.3 Å². The van der Waals surface area contributed by atoms with Crippen LogP contribution in [0.4, 0.5) is 11.4 Å². The molecule has 2 aromatic rings. The molecule has 1 aliphatic carbocycles. The van der Waals surface area contributed by atoms with Crippen LogP contribution >= 0.6 is 0 Å². The summed E-state index contributed by atoms with van der Waals surface area (Å²) in [6, 6.07) is 26.9. The van der Waals surface area contributed by atoms with Gasteiger partial charge in [0.15, 0.2) is 0 Å². The van der Waals surface area contributed by atoms with E-state index in [4.69, 9.17) is 4.99 Å². The van der Waals surface area contributed by atoms with E-state index >= 15 is 0 Å². The number of hydrogen-bond acceptors (Lipinski definition) is 4. The van der Waals surface area contributed by atoms with E-state index in [1.54, 1.807) is 0 Å². The summed E-state index contributed by atoms with van der Waals surface area (Å²) in [6.45, 7) is 9.03. The van der Waals surface area contributed by atoms with Gasteiger partial charge in [-0.2, -0.15) is 0 Å². The molecule has 0 bridgehead atoms. The number of H-pyrrole nitrogens is 1. The molecule has 5 nitrogen and oxygen atoms in total. The minimum atomic E-state index is -0.0919. The average Bonchev–Trinajstić information content (AvgIpc) is 2.99. The van der Waals surface area contributed by atoms with Crippen molar-refractivity contribution >= 4 is 17.1 Å². The molecule has 0 atom stereocenters. The van der Waals surface area contributed by atoms with Gasteiger partial charge in [0, 0.05) is 49.7 Å². The zero-order valence-corrected chi connectivity index (χ0v) is 19.8. The predicted octanol–water partition coefficient (Wildman–Crippen LogP) is 5.25. The molecule has 0 saturated carbocycles. The van der Waals surface area contributed by atoms with Crippen molar-refractivity contribution in [3.05, 3.63) is 106 Å². The van der Waals surface area contributed by atoms with Crippen molar-refractivity contribution in [3.8, 4) is 11.3 Å². The summed E-state index contributed by atoms with van der Waals surface area (Å²) in [4.78, 5) is 25.5. The average molecular weight is 451 g/mol. The molecule has 0 unspecified atom stereocenters. The smallest absolute Gasteiger partial charge is 0.258 e. The van der Waals surface area contributed by atoms with E-state index in [-0.39, 0.29) is 5.56 Å². The van der Waals surface area contributed by atoms with Crippen LogP contribution < -0.4 is 10.5 Å². The van der Waals surface area contributed by atoms with Gasteiger partial charge in [-0.25, -0.2) is 0 Å².